The van der Waals surface area contributed by atoms with E-state index in [4.69, 9.17) is 10.5 Å². The average Bonchev–Trinajstić information content (AvgIpc) is 2.26. The third-order valence-electron chi connectivity index (χ3n) is 2.95. The lowest BCUT2D eigenvalue weighted by molar-refractivity contribution is 0.117. The summed E-state index contributed by atoms with van der Waals surface area (Å²) in [5.74, 6) is 0.816. The largest absolute Gasteiger partial charge is 0.380 e. The molecule has 2 atom stereocenters. The van der Waals surface area contributed by atoms with Crippen molar-refractivity contribution < 1.29 is 4.74 Å². The van der Waals surface area contributed by atoms with Crippen molar-refractivity contribution in [1.82, 2.24) is 5.32 Å². The van der Waals surface area contributed by atoms with Crippen molar-refractivity contribution in [3.8, 4) is 0 Å². The minimum atomic E-state index is 0.316. The van der Waals surface area contributed by atoms with Gasteiger partial charge in [-0.2, -0.15) is 0 Å². The summed E-state index contributed by atoms with van der Waals surface area (Å²) in [4.78, 5) is 0. The maximum Gasteiger partial charge on any atom is 0.0667 e. The van der Waals surface area contributed by atoms with Crippen LogP contribution >= 0.6 is 0 Å². The first-order valence-electron chi connectivity index (χ1n) is 6.18. The second kappa shape index (κ2) is 10.4. The summed E-state index contributed by atoms with van der Waals surface area (Å²) in [6, 6.07) is 0. The van der Waals surface area contributed by atoms with Crippen LogP contribution in [0.5, 0.6) is 0 Å². The van der Waals surface area contributed by atoms with Gasteiger partial charge in [0, 0.05) is 13.7 Å². The Balaban J connectivity index is 3.28. The molecule has 0 aromatic carbocycles. The lowest BCUT2D eigenvalue weighted by Crippen LogP contribution is -2.27. The van der Waals surface area contributed by atoms with Crippen LogP contribution in [-0.2, 0) is 4.74 Å². The van der Waals surface area contributed by atoms with Crippen molar-refractivity contribution in [2.45, 2.75) is 45.6 Å². The standard InChI is InChI=1S/C12H28N2O/c1-4-12(7-8-13)6-5-9-14-10-11(2)15-3/h11-12,14H,4-10,13H2,1-3H3. The maximum absolute atomic E-state index is 5.56. The van der Waals surface area contributed by atoms with Gasteiger partial charge in [-0.15, -0.1) is 0 Å². The van der Waals surface area contributed by atoms with Gasteiger partial charge in [0.2, 0.25) is 0 Å². The normalized spacial score (nSPS) is 15.2. The Kier molecular flexibility index (Phi) is 10.3. The zero-order valence-electron chi connectivity index (χ0n) is 10.6. The maximum atomic E-state index is 5.56. The van der Waals surface area contributed by atoms with Gasteiger partial charge in [-0.25, -0.2) is 0 Å². The molecule has 0 aromatic rings. The second-order valence-electron chi connectivity index (χ2n) is 4.24. The third kappa shape index (κ3) is 8.85. The number of methoxy groups -OCH3 is 1. The molecule has 0 bridgehead atoms. The summed E-state index contributed by atoms with van der Waals surface area (Å²) >= 11 is 0. The van der Waals surface area contributed by atoms with Crippen molar-refractivity contribution >= 4 is 0 Å². The molecule has 0 amide bonds. The van der Waals surface area contributed by atoms with E-state index in [0.29, 0.717) is 6.10 Å². The Morgan fingerprint density at radius 3 is 2.60 bits per heavy atom. The van der Waals surface area contributed by atoms with Gasteiger partial charge in [0.15, 0.2) is 0 Å². The molecule has 3 nitrogen and oxygen atoms in total. The van der Waals surface area contributed by atoms with E-state index in [2.05, 4.69) is 19.2 Å². The SMILES string of the molecule is CCC(CCN)CCCNCC(C)OC. The fourth-order valence-corrected chi connectivity index (χ4v) is 1.69. The minimum absolute atomic E-state index is 0.316. The molecule has 0 aliphatic carbocycles. The molecule has 0 aliphatic rings. The van der Waals surface area contributed by atoms with Crippen LogP contribution in [0, 0.1) is 5.92 Å². The molecule has 3 N–H and O–H groups in total. The van der Waals surface area contributed by atoms with E-state index >= 15 is 0 Å². The third-order valence-corrected chi connectivity index (χ3v) is 2.95. The fraction of sp³-hybridized carbons (Fsp3) is 1.00. The van der Waals surface area contributed by atoms with Crippen LogP contribution in [0.1, 0.15) is 39.5 Å². The minimum Gasteiger partial charge on any atom is -0.380 e. The molecule has 0 saturated carbocycles. The first-order chi connectivity index (χ1) is 7.24. The van der Waals surface area contributed by atoms with E-state index in [9.17, 15) is 0 Å². The quantitative estimate of drug-likeness (QED) is 0.547. The predicted octanol–water partition coefficient (Wildman–Crippen LogP) is 1.77. The molecule has 0 radical (unpaired) electrons. The van der Waals surface area contributed by atoms with Crippen LogP contribution in [0.25, 0.3) is 0 Å². The zero-order valence-corrected chi connectivity index (χ0v) is 10.6. The number of hydrogen-bond acceptors (Lipinski definition) is 3. The molecule has 0 spiro atoms. The summed E-state index contributed by atoms with van der Waals surface area (Å²) in [5, 5.41) is 3.40. The van der Waals surface area contributed by atoms with E-state index < -0.39 is 0 Å². The molecule has 0 aromatic heterocycles. The van der Waals surface area contributed by atoms with E-state index in [0.717, 1.165) is 25.6 Å². The Morgan fingerprint density at radius 1 is 1.33 bits per heavy atom. The van der Waals surface area contributed by atoms with E-state index in [1.54, 1.807) is 7.11 Å². The molecule has 0 fully saturated rings. The Morgan fingerprint density at radius 2 is 2.07 bits per heavy atom. The first kappa shape index (κ1) is 14.9. The smallest absolute Gasteiger partial charge is 0.0667 e. The fourth-order valence-electron chi connectivity index (χ4n) is 1.69. The summed E-state index contributed by atoms with van der Waals surface area (Å²) in [5.41, 5.74) is 5.56. The van der Waals surface area contributed by atoms with Gasteiger partial charge >= 0.3 is 0 Å². The monoisotopic (exact) mass is 216 g/mol. The predicted molar refractivity (Wildman–Crippen MR) is 66.0 cm³/mol. The van der Waals surface area contributed by atoms with Crippen molar-refractivity contribution in [2.75, 3.05) is 26.7 Å². The second-order valence-corrected chi connectivity index (χ2v) is 4.24. The van der Waals surface area contributed by atoms with Crippen molar-refractivity contribution in [2.24, 2.45) is 11.7 Å². The highest BCUT2D eigenvalue weighted by molar-refractivity contribution is 4.60. The van der Waals surface area contributed by atoms with Crippen molar-refractivity contribution in [3.05, 3.63) is 0 Å². The van der Waals surface area contributed by atoms with Crippen LogP contribution in [0.3, 0.4) is 0 Å². The van der Waals surface area contributed by atoms with E-state index in [1.165, 1.54) is 25.7 Å². The molecule has 2 unspecified atom stereocenters. The highest BCUT2D eigenvalue weighted by Gasteiger charge is 2.04. The number of nitrogens with two attached hydrogens (primary N) is 1. The zero-order chi connectivity index (χ0) is 11.5. The highest BCUT2D eigenvalue weighted by Crippen LogP contribution is 2.13. The molecular weight excluding hydrogens is 188 g/mol. The molecule has 0 saturated heterocycles. The number of nitrogens with one attached hydrogen (secondary N) is 1. The summed E-state index contributed by atoms with van der Waals surface area (Å²) < 4.78 is 5.16. The Labute approximate surface area is 94.8 Å². The molecule has 3 heteroatoms. The van der Waals surface area contributed by atoms with Gasteiger partial charge in [0.1, 0.15) is 0 Å². The lowest BCUT2D eigenvalue weighted by atomic mass is 9.97. The molecule has 0 aliphatic heterocycles. The van der Waals surface area contributed by atoms with Gasteiger partial charge in [-0.3, -0.25) is 0 Å². The van der Waals surface area contributed by atoms with Gasteiger partial charge in [-0.05, 0) is 45.2 Å². The Hall–Kier alpha value is -0.120. The molecule has 0 heterocycles. The lowest BCUT2D eigenvalue weighted by Gasteiger charge is -2.14. The number of ether oxygens (including phenoxy) is 1. The van der Waals surface area contributed by atoms with Crippen LogP contribution in [0.2, 0.25) is 0 Å². The van der Waals surface area contributed by atoms with Gasteiger partial charge < -0.3 is 15.8 Å². The Bertz CT molecular complexity index is 131. The van der Waals surface area contributed by atoms with Crippen molar-refractivity contribution in [1.29, 1.82) is 0 Å². The molecule has 0 rings (SSSR count). The highest BCUT2D eigenvalue weighted by atomic mass is 16.5. The van der Waals surface area contributed by atoms with Crippen LogP contribution in [0.15, 0.2) is 0 Å². The van der Waals surface area contributed by atoms with Crippen LogP contribution < -0.4 is 11.1 Å². The van der Waals surface area contributed by atoms with Gasteiger partial charge in [-0.1, -0.05) is 13.3 Å². The average molecular weight is 216 g/mol. The topological polar surface area (TPSA) is 47.3 Å². The van der Waals surface area contributed by atoms with Crippen LogP contribution in [0.4, 0.5) is 0 Å². The van der Waals surface area contributed by atoms with Crippen LogP contribution in [-0.4, -0.2) is 32.8 Å². The molecule has 15 heavy (non-hydrogen) atoms. The summed E-state index contributed by atoms with van der Waals surface area (Å²) in [6.45, 7) is 7.20. The van der Waals surface area contributed by atoms with Crippen molar-refractivity contribution in [3.63, 3.8) is 0 Å². The number of hydrogen-bond donors (Lipinski definition) is 2. The van der Waals surface area contributed by atoms with Gasteiger partial charge in [0.05, 0.1) is 6.10 Å². The summed E-state index contributed by atoms with van der Waals surface area (Å²) in [6.07, 6.45) is 5.28. The summed E-state index contributed by atoms with van der Waals surface area (Å²) in [7, 11) is 1.75. The molecular formula is C12H28N2O. The van der Waals surface area contributed by atoms with E-state index in [-0.39, 0.29) is 0 Å². The molecule has 92 valence electrons. The number of rotatable bonds is 10. The van der Waals surface area contributed by atoms with Gasteiger partial charge in [0.25, 0.3) is 0 Å². The first-order valence-corrected chi connectivity index (χ1v) is 6.18. The van der Waals surface area contributed by atoms with E-state index in [1.807, 2.05) is 0 Å².